The summed E-state index contributed by atoms with van der Waals surface area (Å²) in [5.74, 6) is -0.218. The average Bonchev–Trinajstić information content (AvgIpc) is 2.44. The van der Waals surface area contributed by atoms with Crippen molar-refractivity contribution < 1.29 is 22.3 Å². The molecule has 21 heavy (non-hydrogen) atoms. The number of anilines is 1. The number of fused-ring (bicyclic) bond motifs is 1. The van der Waals surface area contributed by atoms with Crippen LogP contribution < -0.4 is 10.1 Å². The van der Waals surface area contributed by atoms with Gasteiger partial charge in [-0.05, 0) is 18.6 Å². The van der Waals surface area contributed by atoms with E-state index in [0.717, 1.165) is 6.42 Å². The van der Waals surface area contributed by atoms with Crippen LogP contribution in [0.4, 0.5) is 23.2 Å². The van der Waals surface area contributed by atoms with Crippen molar-refractivity contribution in [3.05, 3.63) is 30.0 Å². The van der Waals surface area contributed by atoms with Gasteiger partial charge in [0.15, 0.2) is 5.75 Å². The van der Waals surface area contributed by atoms with Crippen molar-refractivity contribution in [3.63, 3.8) is 0 Å². The molecule has 0 bridgehead atoms. The SMILES string of the molecule is CCCNc1cc(C(F)F)nc2c(OC(F)F)cccc12. The maximum atomic E-state index is 12.9. The van der Waals surface area contributed by atoms with Gasteiger partial charge in [-0.15, -0.1) is 0 Å². The number of nitrogens with zero attached hydrogens (tertiary/aromatic N) is 1. The number of ether oxygens (including phenoxy) is 1. The van der Waals surface area contributed by atoms with Gasteiger partial charge in [0.05, 0.1) is 0 Å². The van der Waals surface area contributed by atoms with Crippen molar-refractivity contribution in [1.29, 1.82) is 0 Å². The molecule has 2 rings (SSSR count). The first-order valence-electron chi connectivity index (χ1n) is 6.43. The molecule has 1 N–H and O–H groups in total. The molecule has 3 nitrogen and oxygen atoms in total. The van der Waals surface area contributed by atoms with Crippen LogP contribution >= 0.6 is 0 Å². The second-order valence-corrected chi connectivity index (χ2v) is 4.35. The van der Waals surface area contributed by atoms with E-state index in [1.54, 1.807) is 6.07 Å². The summed E-state index contributed by atoms with van der Waals surface area (Å²) in [6.45, 7) is -0.544. The standard InChI is InChI=1S/C14H14F4N2O/c1-2-6-19-9-7-10(13(15)16)20-12-8(9)4-3-5-11(12)21-14(17)18/h3-5,7,13-14H,2,6H2,1H3,(H,19,20). The van der Waals surface area contributed by atoms with Crippen molar-refractivity contribution in [1.82, 2.24) is 4.98 Å². The first-order valence-corrected chi connectivity index (χ1v) is 6.43. The second kappa shape index (κ2) is 6.60. The van der Waals surface area contributed by atoms with Crippen molar-refractivity contribution in [2.75, 3.05) is 11.9 Å². The van der Waals surface area contributed by atoms with Gasteiger partial charge in [-0.25, -0.2) is 13.8 Å². The van der Waals surface area contributed by atoms with E-state index in [9.17, 15) is 17.6 Å². The van der Waals surface area contributed by atoms with E-state index in [2.05, 4.69) is 15.0 Å². The van der Waals surface area contributed by atoms with Gasteiger partial charge in [-0.2, -0.15) is 8.78 Å². The fourth-order valence-electron chi connectivity index (χ4n) is 1.95. The highest BCUT2D eigenvalue weighted by molar-refractivity contribution is 5.95. The number of para-hydroxylation sites is 1. The molecule has 0 radical (unpaired) electrons. The van der Waals surface area contributed by atoms with Gasteiger partial charge < -0.3 is 10.1 Å². The third-order valence-electron chi connectivity index (χ3n) is 2.83. The van der Waals surface area contributed by atoms with Crippen LogP contribution in [0.3, 0.4) is 0 Å². The largest absolute Gasteiger partial charge is 0.432 e. The van der Waals surface area contributed by atoms with Gasteiger partial charge in [-0.3, -0.25) is 0 Å². The predicted molar refractivity (Wildman–Crippen MR) is 72.1 cm³/mol. The summed E-state index contributed by atoms with van der Waals surface area (Å²) in [7, 11) is 0. The number of alkyl halides is 4. The maximum Gasteiger partial charge on any atom is 0.387 e. The highest BCUT2D eigenvalue weighted by atomic mass is 19.3. The Kier molecular flexibility index (Phi) is 4.82. The molecular formula is C14H14F4N2O. The molecule has 1 aromatic carbocycles. The Bertz CT molecular complexity index is 619. The van der Waals surface area contributed by atoms with Crippen LogP contribution in [0.25, 0.3) is 10.9 Å². The fourth-order valence-corrected chi connectivity index (χ4v) is 1.95. The molecule has 0 unspecified atom stereocenters. The van der Waals surface area contributed by atoms with Crippen LogP contribution in [0.2, 0.25) is 0 Å². The van der Waals surface area contributed by atoms with Crippen molar-refractivity contribution in [2.45, 2.75) is 26.4 Å². The number of rotatable bonds is 6. The molecule has 0 atom stereocenters. The number of nitrogens with one attached hydrogen (secondary N) is 1. The van der Waals surface area contributed by atoms with Gasteiger partial charge in [-0.1, -0.05) is 19.1 Å². The Labute approximate surface area is 118 Å². The zero-order chi connectivity index (χ0) is 15.4. The number of pyridine rings is 1. The lowest BCUT2D eigenvalue weighted by Crippen LogP contribution is -2.06. The topological polar surface area (TPSA) is 34.2 Å². The Morgan fingerprint density at radius 2 is 2.00 bits per heavy atom. The quantitative estimate of drug-likeness (QED) is 0.792. The predicted octanol–water partition coefficient (Wildman–Crippen LogP) is 4.60. The lowest BCUT2D eigenvalue weighted by atomic mass is 10.1. The minimum Gasteiger partial charge on any atom is -0.432 e. The number of hydrogen-bond acceptors (Lipinski definition) is 3. The number of hydrogen-bond donors (Lipinski definition) is 1. The number of benzene rings is 1. The van der Waals surface area contributed by atoms with Crippen molar-refractivity contribution in [3.8, 4) is 5.75 Å². The van der Waals surface area contributed by atoms with E-state index in [-0.39, 0.29) is 11.3 Å². The Morgan fingerprint density at radius 1 is 1.24 bits per heavy atom. The van der Waals surface area contributed by atoms with E-state index in [0.29, 0.717) is 17.6 Å². The summed E-state index contributed by atoms with van der Waals surface area (Å²) in [5.41, 5.74) is -0.0579. The van der Waals surface area contributed by atoms with Crippen LogP contribution in [0.15, 0.2) is 24.3 Å². The molecular weight excluding hydrogens is 288 g/mol. The van der Waals surface area contributed by atoms with E-state index in [1.165, 1.54) is 18.2 Å². The normalized spacial score (nSPS) is 11.4. The molecule has 0 spiro atoms. The highest BCUT2D eigenvalue weighted by Crippen LogP contribution is 2.33. The Balaban J connectivity index is 2.59. The first kappa shape index (κ1) is 15.3. The highest BCUT2D eigenvalue weighted by Gasteiger charge is 2.17. The Hall–Kier alpha value is -2.05. The summed E-state index contributed by atoms with van der Waals surface area (Å²) in [6, 6.07) is 5.64. The third kappa shape index (κ3) is 3.53. The molecule has 0 aliphatic rings. The van der Waals surface area contributed by atoms with E-state index in [4.69, 9.17) is 0 Å². The minimum absolute atomic E-state index is 0.00537. The number of aromatic nitrogens is 1. The van der Waals surface area contributed by atoms with Crippen LogP contribution in [-0.2, 0) is 0 Å². The van der Waals surface area contributed by atoms with E-state index >= 15 is 0 Å². The van der Waals surface area contributed by atoms with Crippen LogP contribution in [0.1, 0.15) is 25.5 Å². The lowest BCUT2D eigenvalue weighted by molar-refractivity contribution is -0.0489. The van der Waals surface area contributed by atoms with Gasteiger partial charge in [0.2, 0.25) is 0 Å². The summed E-state index contributed by atoms with van der Waals surface area (Å²) in [6.07, 6.45) is -2.00. The van der Waals surface area contributed by atoms with E-state index in [1.807, 2.05) is 6.92 Å². The third-order valence-corrected chi connectivity index (χ3v) is 2.83. The van der Waals surface area contributed by atoms with Gasteiger partial charge in [0.1, 0.15) is 11.2 Å². The lowest BCUT2D eigenvalue weighted by Gasteiger charge is -2.13. The first-order chi connectivity index (χ1) is 10.0. The minimum atomic E-state index is -3.04. The van der Waals surface area contributed by atoms with Gasteiger partial charge >= 0.3 is 6.61 Å². The molecule has 0 amide bonds. The molecule has 114 valence electrons. The monoisotopic (exact) mass is 302 g/mol. The zero-order valence-corrected chi connectivity index (χ0v) is 11.2. The summed E-state index contributed by atoms with van der Waals surface area (Å²) in [4.78, 5) is 3.75. The smallest absolute Gasteiger partial charge is 0.387 e. The Morgan fingerprint density at radius 3 is 2.62 bits per heavy atom. The summed E-state index contributed by atoms with van der Waals surface area (Å²) < 4.78 is 55.0. The van der Waals surface area contributed by atoms with Gasteiger partial charge in [0.25, 0.3) is 6.43 Å². The number of halogens is 4. The average molecular weight is 302 g/mol. The van der Waals surface area contributed by atoms with Crippen molar-refractivity contribution in [2.24, 2.45) is 0 Å². The zero-order valence-electron chi connectivity index (χ0n) is 11.2. The summed E-state index contributed by atoms with van der Waals surface area (Å²) >= 11 is 0. The van der Waals surface area contributed by atoms with E-state index < -0.39 is 18.7 Å². The molecule has 0 aliphatic carbocycles. The van der Waals surface area contributed by atoms with Crippen LogP contribution in [-0.4, -0.2) is 18.1 Å². The molecule has 0 aliphatic heterocycles. The molecule has 1 heterocycles. The van der Waals surface area contributed by atoms with Crippen molar-refractivity contribution >= 4 is 16.6 Å². The molecule has 0 saturated heterocycles. The molecule has 1 aromatic heterocycles. The molecule has 2 aromatic rings. The fraction of sp³-hybridized carbons (Fsp3) is 0.357. The molecule has 7 heteroatoms. The molecule has 0 fully saturated rings. The van der Waals surface area contributed by atoms with Crippen LogP contribution in [0, 0.1) is 0 Å². The van der Waals surface area contributed by atoms with Crippen LogP contribution in [0.5, 0.6) is 5.75 Å². The maximum absolute atomic E-state index is 12.9. The summed E-state index contributed by atoms with van der Waals surface area (Å²) in [5, 5.41) is 3.46. The second-order valence-electron chi connectivity index (χ2n) is 4.35. The molecule has 0 saturated carbocycles. The van der Waals surface area contributed by atoms with Gasteiger partial charge in [0, 0.05) is 17.6 Å².